The summed E-state index contributed by atoms with van der Waals surface area (Å²) in [5.41, 5.74) is 2.35. The van der Waals surface area contributed by atoms with Gasteiger partial charge in [0.25, 0.3) is 0 Å². The molecule has 18 heavy (non-hydrogen) atoms. The van der Waals surface area contributed by atoms with E-state index in [9.17, 15) is 0 Å². The summed E-state index contributed by atoms with van der Waals surface area (Å²) < 4.78 is 6.89. The van der Waals surface area contributed by atoms with Gasteiger partial charge in [0.15, 0.2) is 5.13 Å². The molecule has 3 rings (SSSR count). The second kappa shape index (κ2) is 4.21. The number of fused-ring (bicyclic) bond motifs is 1. The van der Waals surface area contributed by atoms with E-state index in [1.165, 1.54) is 10.3 Å². The molecule has 1 saturated heterocycles. The number of rotatable bonds is 2. The van der Waals surface area contributed by atoms with Crippen LogP contribution in [0.3, 0.4) is 0 Å². The first kappa shape index (κ1) is 11.9. The van der Waals surface area contributed by atoms with Gasteiger partial charge in [0, 0.05) is 6.61 Å². The first-order chi connectivity index (χ1) is 8.57. The first-order valence-electron chi connectivity index (χ1n) is 6.34. The Hall–Kier alpha value is -1.13. The molecule has 2 unspecified atom stereocenters. The molecule has 96 valence electrons. The standard InChI is InChI=1S/C14H18N2OS/c1-9-4-5-11-12(8-9)18-13(15-11)16-14(3)6-7-17-10(14)2/h4-5,8,10H,6-7H2,1-3H3,(H,15,16). The molecule has 1 fully saturated rings. The summed E-state index contributed by atoms with van der Waals surface area (Å²) in [7, 11) is 0. The second-order valence-corrected chi connectivity index (χ2v) is 6.33. The van der Waals surface area contributed by atoms with Crippen LogP contribution in [0.4, 0.5) is 5.13 Å². The smallest absolute Gasteiger partial charge is 0.184 e. The molecule has 3 nitrogen and oxygen atoms in total. The van der Waals surface area contributed by atoms with E-state index in [0.29, 0.717) is 0 Å². The Labute approximate surface area is 111 Å². The molecule has 1 aromatic carbocycles. The van der Waals surface area contributed by atoms with E-state index in [0.717, 1.165) is 23.7 Å². The Kier molecular flexibility index (Phi) is 2.79. The zero-order valence-electron chi connectivity index (χ0n) is 11.0. The van der Waals surface area contributed by atoms with Crippen LogP contribution in [0.5, 0.6) is 0 Å². The zero-order valence-corrected chi connectivity index (χ0v) is 11.8. The normalized spacial score (nSPS) is 27.8. The van der Waals surface area contributed by atoms with Gasteiger partial charge in [-0.15, -0.1) is 0 Å². The summed E-state index contributed by atoms with van der Waals surface area (Å²) in [5.74, 6) is 0. The van der Waals surface area contributed by atoms with Gasteiger partial charge in [0.2, 0.25) is 0 Å². The second-order valence-electron chi connectivity index (χ2n) is 5.30. The van der Waals surface area contributed by atoms with Crippen molar-refractivity contribution in [1.29, 1.82) is 0 Å². The number of thiazole rings is 1. The number of nitrogens with zero attached hydrogens (tertiary/aromatic N) is 1. The fourth-order valence-electron chi connectivity index (χ4n) is 2.33. The number of hydrogen-bond donors (Lipinski definition) is 1. The maximum atomic E-state index is 5.65. The predicted octanol–water partition coefficient (Wildman–Crippen LogP) is 3.58. The van der Waals surface area contributed by atoms with Gasteiger partial charge in [-0.25, -0.2) is 4.98 Å². The molecule has 1 aromatic heterocycles. The first-order valence-corrected chi connectivity index (χ1v) is 7.15. The van der Waals surface area contributed by atoms with Crippen molar-refractivity contribution in [3.8, 4) is 0 Å². The molecule has 0 saturated carbocycles. The summed E-state index contributed by atoms with van der Waals surface area (Å²) >= 11 is 1.72. The van der Waals surface area contributed by atoms with Crippen LogP contribution in [0.25, 0.3) is 10.2 Å². The van der Waals surface area contributed by atoms with E-state index < -0.39 is 0 Å². The number of anilines is 1. The molecule has 2 aromatic rings. The van der Waals surface area contributed by atoms with Gasteiger partial charge in [-0.1, -0.05) is 17.4 Å². The monoisotopic (exact) mass is 262 g/mol. The molecule has 1 aliphatic rings. The summed E-state index contributed by atoms with van der Waals surface area (Å²) in [6.45, 7) is 7.27. The number of nitrogens with one attached hydrogen (secondary N) is 1. The van der Waals surface area contributed by atoms with E-state index in [2.05, 4.69) is 49.3 Å². The topological polar surface area (TPSA) is 34.2 Å². The number of hydrogen-bond acceptors (Lipinski definition) is 4. The van der Waals surface area contributed by atoms with Crippen LogP contribution in [0.1, 0.15) is 25.8 Å². The lowest BCUT2D eigenvalue weighted by Gasteiger charge is -2.28. The van der Waals surface area contributed by atoms with Crippen molar-refractivity contribution in [2.24, 2.45) is 0 Å². The lowest BCUT2D eigenvalue weighted by molar-refractivity contribution is 0.105. The van der Waals surface area contributed by atoms with Crippen molar-refractivity contribution in [3.63, 3.8) is 0 Å². The Morgan fingerprint density at radius 3 is 3.06 bits per heavy atom. The SMILES string of the molecule is Cc1ccc2nc(NC3(C)CCOC3C)sc2c1. The minimum absolute atomic E-state index is 0.00290. The molecule has 0 bridgehead atoms. The molecule has 2 atom stereocenters. The van der Waals surface area contributed by atoms with Crippen molar-refractivity contribution in [1.82, 2.24) is 4.98 Å². The van der Waals surface area contributed by atoms with Gasteiger partial charge in [0.1, 0.15) is 0 Å². The number of aromatic nitrogens is 1. The maximum absolute atomic E-state index is 5.65. The number of aryl methyl sites for hydroxylation is 1. The molecule has 0 radical (unpaired) electrons. The molecule has 4 heteroatoms. The highest BCUT2D eigenvalue weighted by atomic mass is 32.1. The van der Waals surface area contributed by atoms with Crippen molar-refractivity contribution in [2.75, 3.05) is 11.9 Å². The summed E-state index contributed by atoms with van der Waals surface area (Å²) in [6, 6.07) is 6.38. The zero-order chi connectivity index (χ0) is 12.8. The van der Waals surface area contributed by atoms with Gasteiger partial charge in [0.05, 0.1) is 21.9 Å². The van der Waals surface area contributed by atoms with Crippen LogP contribution >= 0.6 is 11.3 Å². The Bertz CT molecular complexity index is 580. The highest BCUT2D eigenvalue weighted by Gasteiger charge is 2.37. The lowest BCUT2D eigenvalue weighted by atomic mass is 9.95. The van der Waals surface area contributed by atoms with Crippen molar-refractivity contribution in [3.05, 3.63) is 23.8 Å². The van der Waals surface area contributed by atoms with Crippen LogP contribution in [-0.2, 0) is 4.74 Å². The van der Waals surface area contributed by atoms with E-state index in [1.54, 1.807) is 11.3 Å². The Morgan fingerprint density at radius 1 is 1.50 bits per heavy atom. The van der Waals surface area contributed by atoms with Gasteiger partial charge >= 0.3 is 0 Å². The quantitative estimate of drug-likeness (QED) is 0.898. The summed E-state index contributed by atoms with van der Waals surface area (Å²) in [5, 5.41) is 4.55. The number of benzene rings is 1. The third kappa shape index (κ3) is 1.99. The third-order valence-corrected chi connectivity index (χ3v) is 4.76. The minimum Gasteiger partial charge on any atom is -0.376 e. The van der Waals surface area contributed by atoms with E-state index in [-0.39, 0.29) is 11.6 Å². The Morgan fingerprint density at radius 2 is 2.33 bits per heavy atom. The molecular weight excluding hydrogens is 244 g/mol. The van der Waals surface area contributed by atoms with Gasteiger partial charge in [-0.3, -0.25) is 0 Å². The van der Waals surface area contributed by atoms with Gasteiger partial charge in [-0.2, -0.15) is 0 Å². The molecule has 2 heterocycles. The van der Waals surface area contributed by atoms with Gasteiger partial charge < -0.3 is 10.1 Å². The largest absolute Gasteiger partial charge is 0.376 e. The summed E-state index contributed by atoms with van der Waals surface area (Å²) in [6.07, 6.45) is 1.26. The van der Waals surface area contributed by atoms with Crippen molar-refractivity contribution >= 4 is 26.7 Å². The predicted molar refractivity (Wildman–Crippen MR) is 76.4 cm³/mol. The van der Waals surface area contributed by atoms with E-state index >= 15 is 0 Å². The van der Waals surface area contributed by atoms with E-state index in [1.807, 2.05) is 0 Å². The average Bonchev–Trinajstić information content (AvgIpc) is 2.83. The molecule has 0 spiro atoms. The fourth-order valence-corrected chi connectivity index (χ4v) is 3.43. The lowest BCUT2D eigenvalue weighted by Crippen LogP contribution is -2.41. The van der Waals surface area contributed by atoms with E-state index in [4.69, 9.17) is 4.74 Å². The molecule has 0 aliphatic carbocycles. The number of ether oxygens (including phenoxy) is 1. The third-order valence-electron chi connectivity index (χ3n) is 3.82. The van der Waals surface area contributed by atoms with Crippen molar-refractivity contribution in [2.45, 2.75) is 38.8 Å². The van der Waals surface area contributed by atoms with Crippen LogP contribution in [0.15, 0.2) is 18.2 Å². The molecule has 1 N–H and O–H groups in total. The summed E-state index contributed by atoms with van der Waals surface area (Å²) in [4.78, 5) is 4.65. The fraction of sp³-hybridized carbons (Fsp3) is 0.500. The highest BCUT2D eigenvalue weighted by Crippen LogP contribution is 2.33. The maximum Gasteiger partial charge on any atom is 0.184 e. The molecule has 1 aliphatic heterocycles. The average molecular weight is 262 g/mol. The Balaban J connectivity index is 1.91. The molecular formula is C14H18N2OS. The van der Waals surface area contributed by atoms with Crippen LogP contribution in [0, 0.1) is 6.92 Å². The van der Waals surface area contributed by atoms with Gasteiger partial charge in [-0.05, 0) is 44.9 Å². The van der Waals surface area contributed by atoms with Crippen molar-refractivity contribution < 1.29 is 4.74 Å². The molecule has 0 amide bonds. The minimum atomic E-state index is 0.00290. The van der Waals surface area contributed by atoms with Crippen LogP contribution in [0.2, 0.25) is 0 Å². The van der Waals surface area contributed by atoms with Crippen LogP contribution < -0.4 is 5.32 Å². The van der Waals surface area contributed by atoms with Crippen LogP contribution in [-0.4, -0.2) is 23.2 Å². The highest BCUT2D eigenvalue weighted by molar-refractivity contribution is 7.22.